The number of carbonyl (C=O) groups is 2. The van der Waals surface area contributed by atoms with Crippen LogP contribution in [0.25, 0.3) is 0 Å². The standard InChI is InChI=1S/C23H26N4O3S/c1-15(16-5-4-8-25-14-16)11-21(28)26-22-19(13-24)18-7-6-17(12-20(18)31-22)30-23(29)27-9-2-3-10-27/h4-5,8,14-15,17H,2-3,6-7,9-12H2,1H3,(H,26,28). The van der Waals surface area contributed by atoms with E-state index in [-0.39, 0.29) is 24.0 Å². The zero-order valence-corrected chi connectivity index (χ0v) is 18.4. The second-order valence-corrected chi connectivity index (χ2v) is 9.31. The van der Waals surface area contributed by atoms with E-state index >= 15 is 0 Å². The molecule has 4 rings (SSSR count). The monoisotopic (exact) mass is 438 g/mol. The molecule has 0 radical (unpaired) electrons. The molecule has 31 heavy (non-hydrogen) atoms. The van der Waals surface area contributed by atoms with Crippen LogP contribution in [0.4, 0.5) is 9.80 Å². The topological polar surface area (TPSA) is 95.3 Å². The quantitative estimate of drug-likeness (QED) is 0.753. The molecule has 0 aromatic carbocycles. The number of carbonyl (C=O) groups excluding carboxylic acids is 2. The number of rotatable bonds is 5. The molecule has 1 aliphatic heterocycles. The van der Waals surface area contributed by atoms with Gasteiger partial charge in [0.1, 0.15) is 17.2 Å². The minimum atomic E-state index is -0.235. The molecule has 2 aromatic heterocycles. The fourth-order valence-corrected chi connectivity index (χ4v) is 5.50. The molecule has 7 nitrogen and oxygen atoms in total. The molecule has 2 unspecified atom stereocenters. The van der Waals surface area contributed by atoms with Gasteiger partial charge in [0, 0.05) is 43.2 Å². The zero-order valence-electron chi connectivity index (χ0n) is 17.6. The van der Waals surface area contributed by atoms with Crippen molar-refractivity contribution in [2.45, 2.75) is 57.5 Å². The van der Waals surface area contributed by atoms with Crippen molar-refractivity contribution >= 4 is 28.3 Å². The van der Waals surface area contributed by atoms with E-state index in [9.17, 15) is 14.9 Å². The highest BCUT2D eigenvalue weighted by Crippen LogP contribution is 2.38. The maximum atomic E-state index is 12.6. The molecule has 2 atom stereocenters. The maximum absolute atomic E-state index is 12.6. The maximum Gasteiger partial charge on any atom is 0.410 e. The number of hydrogen-bond acceptors (Lipinski definition) is 6. The van der Waals surface area contributed by atoms with Crippen LogP contribution in [0.1, 0.15) is 60.1 Å². The van der Waals surface area contributed by atoms with Crippen molar-refractivity contribution in [1.29, 1.82) is 5.26 Å². The molecule has 0 bridgehead atoms. The van der Waals surface area contributed by atoms with Gasteiger partial charge in [0.15, 0.2) is 0 Å². The average Bonchev–Trinajstić information content (AvgIpc) is 3.41. The third-order valence-corrected chi connectivity index (χ3v) is 7.13. The van der Waals surface area contributed by atoms with Crippen molar-refractivity contribution in [2.24, 2.45) is 0 Å². The summed E-state index contributed by atoms with van der Waals surface area (Å²) in [6.07, 6.45) is 7.41. The lowest BCUT2D eigenvalue weighted by Gasteiger charge is -2.25. The van der Waals surface area contributed by atoms with Crippen molar-refractivity contribution in [2.75, 3.05) is 18.4 Å². The minimum Gasteiger partial charge on any atom is -0.446 e. The SMILES string of the molecule is CC(CC(=O)Nc1sc2c(c1C#N)CCC(OC(=O)N1CCCC1)C2)c1cccnc1. The summed E-state index contributed by atoms with van der Waals surface area (Å²) in [4.78, 5) is 31.8. The van der Waals surface area contributed by atoms with Gasteiger partial charge in [0.25, 0.3) is 0 Å². The molecule has 162 valence electrons. The van der Waals surface area contributed by atoms with E-state index < -0.39 is 0 Å². The Morgan fingerprint density at radius 2 is 2.23 bits per heavy atom. The lowest BCUT2D eigenvalue weighted by Crippen LogP contribution is -2.34. The first-order valence-electron chi connectivity index (χ1n) is 10.7. The van der Waals surface area contributed by atoms with Crippen LogP contribution in [-0.4, -0.2) is 41.1 Å². The summed E-state index contributed by atoms with van der Waals surface area (Å²) in [6.45, 7) is 3.52. The van der Waals surface area contributed by atoms with Crippen molar-refractivity contribution in [3.8, 4) is 6.07 Å². The molecular weight excluding hydrogens is 412 g/mol. The van der Waals surface area contributed by atoms with Gasteiger partial charge in [-0.3, -0.25) is 9.78 Å². The Morgan fingerprint density at radius 1 is 1.42 bits per heavy atom. The molecule has 2 amide bonds. The van der Waals surface area contributed by atoms with Crippen molar-refractivity contribution in [3.63, 3.8) is 0 Å². The smallest absolute Gasteiger partial charge is 0.410 e. The molecular formula is C23H26N4O3S. The van der Waals surface area contributed by atoms with Crippen LogP contribution in [-0.2, 0) is 22.4 Å². The van der Waals surface area contributed by atoms with Gasteiger partial charge >= 0.3 is 6.09 Å². The number of anilines is 1. The van der Waals surface area contributed by atoms with Crippen LogP contribution in [0.15, 0.2) is 24.5 Å². The number of nitriles is 1. The number of pyridine rings is 1. The summed E-state index contributed by atoms with van der Waals surface area (Å²) in [7, 11) is 0. The van der Waals surface area contributed by atoms with Gasteiger partial charge in [-0.1, -0.05) is 13.0 Å². The molecule has 1 N–H and O–H groups in total. The van der Waals surface area contributed by atoms with Crippen LogP contribution in [0, 0.1) is 11.3 Å². The molecule has 8 heteroatoms. The Hall–Kier alpha value is -2.92. The van der Waals surface area contributed by atoms with E-state index in [1.807, 2.05) is 19.1 Å². The molecule has 2 aromatic rings. The Labute approximate surface area is 186 Å². The van der Waals surface area contributed by atoms with Crippen LogP contribution in [0.5, 0.6) is 0 Å². The molecule has 1 saturated heterocycles. The Kier molecular flexibility index (Phi) is 6.52. The van der Waals surface area contributed by atoms with Crippen LogP contribution in [0.3, 0.4) is 0 Å². The van der Waals surface area contributed by atoms with Crippen molar-refractivity contribution in [1.82, 2.24) is 9.88 Å². The molecule has 1 fully saturated rings. The zero-order chi connectivity index (χ0) is 21.8. The van der Waals surface area contributed by atoms with Crippen LogP contribution >= 0.6 is 11.3 Å². The molecule has 0 spiro atoms. The fraction of sp³-hybridized carbons (Fsp3) is 0.478. The Bertz CT molecular complexity index is 992. The lowest BCUT2D eigenvalue weighted by molar-refractivity contribution is -0.116. The summed E-state index contributed by atoms with van der Waals surface area (Å²) >= 11 is 1.43. The third kappa shape index (κ3) is 4.88. The van der Waals surface area contributed by atoms with Gasteiger partial charge in [0.05, 0.1) is 5.56 Å². The highest BCUT2D eigenvalue weighted by Gasteiger charge is 2.30. The second-order valence-electron chi connectivity index (χ2n) is 8.20. The Morgan fingerprint density at radius 3 is 2.94 bits per heavy atom. The van der Waals surface area contributed by atoms with Gasteiger partial charge < -0.3 is 15.0 Å². The molecule has 1 aliphatic carbocycles. The van der Waals surface area contributed by atoms with E-state index in [1.165, 1.54) is 11.3 Å². The van der Waals surface area contributed by atoms with E-state index in [4.69, 9.17) is 4.74 Å². The first kappa shape index (κ1) is 21.3. The number of likely N-dealkylation sites (tertiary alicyclic amines) is 1. The van der Waals surface area contributed by atoms with Crippen molar-refractivity contribution < 1.29 is 14.3 Å². The summed E-state index contributed by atoms with van der Waals surface area (Å²) in [6, 6.07) is 6.08. The van der Waals surface area contributed by atoms with Gasteiger partial charge in [-0.05, 0) is 48.8 Å². The van der Waals surface area contributed by atoms with Crippen LogP contribution in [0.2, 0.25) is 0 Å². The van der Waals surface area contributed by atoms with E-state index in [0.29, 0.717) is 36.2 Å². The number of ether oxygens (including phenoxy) is 1. The van der Waals surface area contributed by atoms with E-state index in [0.717, 1.165) is 41.9 Å². The number of aromatic nitrogens is 1. The number of amides is 2. The number of thiophene rings is 1. The largest absolute Gasteiger partial charge is 0.446 e. The number of nitrogens with one attached hydrogen (secondary N) is 1. The number of fused-ring (bicyclic) bond motifs is 1. The predicted molar refractivity (Wildman–Crippen MR) is 118 cm³/mol. The van der Waals surface area contributed by atoms with Gasteiger partial charge in [0.2, 0.25) is 5.91 Å². The van der Waals surface area contributed by atoms with E-state index in [1.54, 1.807) is 17.3 Å². The van der Waals surface area contributed by atoms with Gasteiger partial charge in [-0.15, -0.1) is 11.3 Å². The van der Waals surface area contributed by atoms with E-state index in [2.05, 4.69) is 16.4 Å². The number of hydrogen-bond donors (Lipinski definition) is 1. The van der Waals surface area contributed by atoms with Crippen LogP contribution < -0.4 is 5.32 Å². The lowest BCUT2D eigenvalue weighted by atomic mass is 9.93. The van der Waals surface area contributed by atoms with Gasteiger partial charge in [-0.2, -0.15) is 5.26 Å². The average molecular weight is 439 g/mol. The molecule has 3 heterocycles. The third-order valence-electron chi connectivity index (χ3n) is 5.96. The summed E-state index contributed by atoms with van der Waals surface area (Å²) in [5.41, 5.74) is 2.54. The van der Waals surface area contributed by atoms with Gasteiger partial charge in [-0.25, -0.2) is 4.79 Å². The first-order valence-corrected chi connectivity index (χ1v) is 11.6. The summed E-state index contributed by atoms with van der Waals surface area (Å²) in [5.74, 6) is -0.0911. The highest BCUT2D eigenvalue weighted by atomic mass is 32.1. The highest BCUT2D eigenvalue weighted by molar-refractivity contribution is 7.16. The summed E-state index contributed by atoms with van der Waals surface area (Å²) < 4.78 is 5.72. The normalized spacial score (nSPS) is 18.7. The number of nitrogens with zero attached hydrogens (tertiary/aromatic N) is 3. The Balaban J connectivity index is 1.40. The summed E-state index contributed by atoms with van der Waals surface area (Å²) in [5, 5.41) is 13.2. The fourth-order valence-electron chi connectivity index (χ4n) is 4.22. The minimum absolute atomic E-state index is 0.0307. The first-order chi connectivity index (χ1) is 15.0. The second kappa shape index (κ2) is 9.48. The van der Waals surface area contributed by atoms with Crippen molar-refractivity contribution in [3.05, 3.63) is 46.1 Å². The molecule has 0 saturated carbocycles. The molecule has 2 aliphatic rings. The predicted octanol–water partition coefficient (Wildman–Crippen LogP) is 4.24.